The maximum atomic E-state index is 12.6. The van der Waals surface area contributed by atoms with Crippen LogP contribution in [0, 0.1) is 5.92 Å². The molecule has 0 N–H and O–H groups in total. The molecular formula is C14H14ClF3O. The molecule has 1 nitrogen and oxygen atoms in total. The highest BCUT2D eigenvalue weighted by molar-refractivity contribution is 6.31. The summed E-state index contributed by atoms with van der Waals surface area (Å²) in [6.45, 7) is 4.05. The molecular weight excluding hydrogens is 277 g/mol. The van der Waals surface area contributed by atoms with Crippen molar-refractivity contribution in [1.29, 1.82) is 0 Å². The van der Waals surface area contributed by atoms with Crippen molar-refractivity contribution in [1.82, 2.24) is 0 Å². The number of benzene rings is 1. The highest BCUT2D eigenvalue weighted by Gasteiger charge is 2.41. The van der Waals surface area contributed by atoms with Crippen LogP contribution in [0.1, 0.15) is 25.0 Å². The third-order valence-corrected chi connectivity index (χ3v) is 3.19. The van der Waals surface area contributed by atoms with Crippen LogP contribution in [0.2, 0.25) is 5.02 Å². The minimum Gasteiger partial charge on any atom is -0.476 e. The van der Waals surface area contributed by atoms with E-state index in [-0.39, 0.29) is 5.75 Å². The first-order valence-corrected chi connectivity index (χ1v) is 6.39. The molecule has 5 heteroatoms. The minimum atomic E-state index is -4.40. The Kier molecular flexibility index (Phi) is 3.81. The van der Waals surface area contributed by atoms with Crippen molar-refractivity contribution >= 4 is 17.7 Å². The normalized spacial score (nSPS) is 18.4. The summed E-state index contributed by atoms with van der Waals surface area (Å²) in [5, 5.41) is 0.561. The fraction of sp³-hybridized carbons (Fsp3) is 0.429. The van der Waals surface area contributed by atoms with E-state index in [1.807, 2.05) is 13.8 Å². The molecule has 1 aromatic carbocycles. The van der Waals surface area contributed by atoms with Crippen LogP contribution in [0.25, 0.3) is 6.08 Å². The van der Waals surface area contributed by atoms with Crippen molar-refractivity contribution in [3.05, 3.63) is 34.4 Å². The van der Waals surface area contributed by atoms with Crippen molar-refractivity contribution in [2.24, 2.45) is 5.92 Å². The van der Waals surface area contributed by atoms with Gasteiger partial charge in [-0.25, -0.2) is 0 Å². The molecule has 1 aliphatic rings. The largest absolute Gasteiger partial charge is 0.476 e. The molecule has 19 heavy (non-hydrogen) atoms. The number of rotatable bonds is 2. The van der Waals surface area contributed by atoms with Crippen molar-refractivity contribution < 1.29 is 17.9 Å². The first-order valence-electron chi connectivity index (χ1n) is 6.01. The third kappa shape index (κ3) is 3.24. The van der Waals surface area contributed by atoms with E-state index >= 15 is 0 Å². The molecule has 0 fully saturated rings. The Morgan fingerprint density at radius 1 is 1.32 bits per heavy atom. The van der Waals surface area contributed by atoms with Gasteiger partial charge in [-0.15, -0.1) is 0 Å². The van der Waals surface area contributed by atoms with Gasteiger partial charge < -0.3 is 4.74 Å². The number of halogens is 4. The van der Waals surface area contributed by atoms with E-state index in [0.717, 1.165) is 11.6 Å². The maximum Gasteiger partial charge on any atom is 0.429 e. The zero-order valence-corrected chi connectivity index (χ0v) is 11.3. The van der Waals surface area contributed by atoms with Gasteiger partial charge in [0.25, 0.3) is 0 Å². The molecule has 1 unspecified atom stereocenters. The van der Waals surface area contributed by atoms with Gasteiger partial charge in [-0.1, -0.05) is 31.5 Å². The zero-order valence-electron chi connectivity index (χ0n) is 10.6. The summed E-state index contributed by atoms with van der Waals surface area (Å²) < 4.78 is 42.9. The summed E-state index contributed by atoms with van der Waals surface area (Å²) in [4.78, 5) is 0. The Morgan fingerprint density at radius 3 is 2.58 bits per heavy atom. The summed E-state index contributed by atoms with van der Waals surface area (Å²) in [6.07, 6.45) is -3.17. The predicted molar refractivity (Wildman–Crippen MR) is 69.5 cm³/mol. The summed E-state index contributed by atoms with van der Waals surface area (Å²) in [6, 6.07) is 3.26. The highest BCUT2D eigenvalue weighted by Crippen LogP contribution is 2.36. The Bertz CT molecular complexity index is 506. The van der Waals surface area contributed by atoms with Crippen LogP contribution in [-0.4, -0.2) is 12.3 Å². The van der Waals surface area contributed by atoms with Crippen molar-refractivity contribution in [2.75, 3.05) is 0 Å². The average molecular weight is 291 g/mol. The van der Waals surface area contributed by atoms with Crippen LogP contribution < -0.4 is 4.74 Å². The van der Waals surface area contributed by atoms with Crippen LogP contribution >= 0.6 is 11.6 Å². The van der Waals surface area contributed by atoms with Crippen LogP contribution in [0.3, 0.4) is 0 Å². The lowest BCUT2D eigenvalue weighted by atomic mass is 9.99. The molecule has 0 aromatic heterocycles. The number of fused-ring (bicyclic) bond motifs is 1. The van der Waals surface area contributed by atoms with Crippen LogP contribution in [0.5, 0.6) is 5.75 Å². The lowest BCUT2D eigenvalue weighted by molar-refractivity contribution is -0.180. The lowest BCUT2D eigenvalue weighted by Gasteiger charge is -2.24. The fourth-order valence-electron chi connectivity index (χ4n) is 1.98. The SMILES string of the molecule is CC(C)Cc1cc2c(cc1Cl)C=CC(C(F)(F)F)O2. The summed E-state index contributed by atoms with van der Waals surface area (Å²) in [5.74, 6) is 0.609. The average Bonchev–Trinajstić information content (AvgIpc) is 2.27. The fourth-order valence-corrected chi connectivity index (χ4v) is 2.23. The molecule has 1 aliphatic heterocycles. The number of hydrogen-bond donors (Lipinski definition) is 0. The smallest absolute Gasteiger partial charge is 0.429 e. The first-order chi connectivity index (χ1) is 8.77. The topological polar surface area (TPSA) is 9.23 Å². The Labute approximate surface area is 115 Å². The van der Waals surface area contributed by atoms with Gasteiger partial charge >= 0.3 is 6.18 Å². The lowest BCUT2D eigenvalue weighted by Crippen LogP contribution is -2.33. The monoisotopic (exact) mass is 290 g/mol. The standard InChI is InChI=1S/C14H14ClF3O/c1-8(2)5-10-7-12-9(6-11(10)15)3-4-13(19-12)14(16,17)18/h3-4,6-8,13H,5H2,1-2H3. The first kappa shape index (κ1) is 14.3. The molecule has 0 saturated heterocycles. The van der Waals surface area contributed by atoms with Crippen LogP contribution in [-0.2, 0) is 6.42 Å². The molecule has 2 rings (SSSR count). The van der Waals surface area contributed by atoms with Gasteiger partial charge in [0.05, 0.1) is 0 Å². The van der Waals surface area contributed by atoms with Gasteiger partial charge in [-0.2, -0.15) is 13.2 Å². The Balaban J connectivity index is 2.33. The van der Waals surface area contributed by atoms with E-state index in [1.54, 1.807) is 12.1 Å². The summed E-state index contributed by atoms with van der Waals surface area (Å²) in [7, 11) is 0. The van der Waals surface area contributed by atoms with Gasteiger partial charge in [0, 0.05) is 10.6 Å². The Morgan fingerprint density at radius 2 is 2.00 bits per heavy atom. The molecule has 0 saturated carbocycles. The van der Waals surface area contributed by atoms with E-state index in [2.05, 4.69) is 0 Å². The van der Waals surface area contributed by atoms with Crippen LogP contribution in [0.4, 0.5) is 13.2 Å². The molecule has 104 valence electrons. The van der Waals surface area contributed by atoms with Crippen molar-refractivity contribution in [3.63, 3.8) is 0 Å². The van der Waals surface area contributed by atoms with E-state index in [9.17, 15) is 13.2 Å². The molecule has 0 amide bonds. The number of alkyl halides is 3. The van der Waals surface area contributed by atoms with Crippen LogP contribution in [0.15, 0.2) is 18.2 Å². The van der Waals surface area contributed by atoms with E-state index in [4.69, 9.17) is 16.3 Å². The molecule has 1 heterocycles. The van der Waals surface area contributed by atoms with Gasteiger partial charge in [0.2, 0.25) is 6.10 Å². The predicted octanol–water partition coefficient (Wildman–Crippen LogP) is 4.88. The minimum absolute atomic E-state index is 0.241. The maximum absolute atomic E-state index is 12.6. The molecule has 0 radical (unpaired) electrons. The molecule has 1 aromatic rings. The van der Waals surface area contributed by atoms with Gasteiger partial charge in [-0.05, 0) is 36.1 Å². The number of hydrogen-bond acceptors (Lipinski definition) is 1. The van der Waals surface area contributed by atoms with Gasteiger partial charge in [0.1, 0.15) is 5.75 Å². The van der Waals surface area contributed by atoms with Crippen molar-refractivity contribution in [2.45, 2.75) is 32.5 Å². The summed E-state index contributed by atoms with van der Waals surface area (Å²) >= 11 is 6.12. The molecule has 1 atom stereocenters. The molecule has 0 spiro atoms. The van der Waals surface area contributed by atoms with E-state index in [1.165, 1.54) is 6.08 Å². The highest BCUT2D eigenvalue weighted by atomic mass is 35.5. The molecule has 0 bridgehead atoms. The van der Waals surface area contributed by atoms with Gasteiger partial charge in [0.15, 0.2) is 0 Å². The zero-order chi connectivity index (χ0) is 14.2. The van der Waals surface area contributed by atoms with E-state index in [0.29, 0.717) is 22.9 Å². The second-order valence-corrected chi connectivity index (χ2v) is 5.43. The number of ether oxygens (including phenoxy) is 1. The quantitative estimate of drug-likeness (QED) is 0.754. The van der Waals surface area contributed by atoms with Gasteiger partial charge in [-0.3, -0.25) is 0 Å². The second kappa shape index (κ2) is 5.08. The summed E-state index contributed by atoms with van der Waals surface area (Å²) in [5.41, 5.74) is 1.39. The molecule has 0 aliphatic carbocycles. The second-order valence-electron chi connectivity index (χ2n) is 5.02. The third-order valence-electron chi connectivity index (χ3n) is 2.83. The Hall–Kier alpha value is -1.16. The van der Waals surface area contributed by atoms with E-state index < -0.39 is 12.3 Å². The van der Waals surface area contributed by atoms with Crippen molar-refractivity contribution in [3.8, 4) is 5.75 Å².